The number of para-hydroxylation sites is 1. The summed E-state index contributed by atoms with van der Waals surface area (Å²) in [6.45, 7) is 2.55. The van der Waals surface area contributed by atoms with E-state index in [0.717, 1.165) is 23.0 Å². The second-order valence-corrected chi connectivity index (χ2v) is 7.39. The Morgan fingerprint density at radius 1 is 0.968 bits per heavy atom. The van der Waals surface area contributed by atoms with Gasteiger partial charge >= 0.3 is 5.97 Å². The number of ketones is 2. The number of H-pyrrole nitrogens is 1. The van der Waals surface area contributed by atoms with Gasteiger partial charge in [0.1, 0.15) is 0 Å². The second kappa shape index (κ2) is 9.04. The van der Waals surface area contributed by atoms with Crippen LogP contribution in [0.2, 0.25) is 0 Å². The monoisotopic (exact) mass is 421 g/mol. The molecule has 0 amide bonds. The maximum Gasteiger partial charge on any atom is 0.306 e. The van der Waals surface area contributed by atoms with Crippen molar-refractivity contribution in [2.75, 3.05) is 19.8 Å². The van der Waals surface area contributed by atoms with Crippen molar-refractivity contribution in [3.63, 3.8) is 0 Å². The summed E-state index contributed by atoms with van der Waals surface area (Å²) < 4.78 is 16.3. The highest BCUT2D eigenvalue weighted by Crippen LogP contribution is 2.31. The molecule has 1 aliphatic rings. The fourth-order valence-electron chi connectivity index (χ4n) is 3.62. The van der Waals surface area contributed by atoms with Crippen LogP contribution in [0.3, 0.4) is 0 Å². The van der Waals surface area contributed by atoms with E-state index in [1.807, 2.05) is 31.2 Å². The van der Waals surface area contributed by atoms with Gasteiger partial charge in [0.15, 0.2) is 23.9 Å². The summed E-state index contributed by atoms with van der Waals surface area (Å²) in [6, 6.07) is 12.5. The first-order valence-corrected chi connectivity index (χ1v) is 10.2. The van der Waals surface area contributed by atoms with Gasteiger partial charge in [-0.05, 0) is 31.2 Å². The minimum Gasteiger partial charge on any atom is -0.490 e. The molecule has 0 saturated carbocycles. The molecule has 4 rings (SSSR count). The van der Waals surface area contributed by atoms with E-state index in [4.69, 9.17) is 14.2 Å². The number of nitrogens with one attached hydrogen (secondary N) is 1. The third kappa shape index (κ3) is 4.60. The van der Waals surface area contributed by atoms with Gasteiger partial charge in [-0.1, -0.05) is 18.2 Å². The van der Waals surface area contributed by atoms with Gasteiger partial charge in [-0.3, -0.25) is 14.4 Å². The van der Waals surface area contributed by atoms with Crippen molar-refractivity contribution in [1.82, 2.24) is 4.98 Å². The van der Waals surface area contributed by atoms with Crippen LogP contribution in [0.25, 0.3) is 10.9 Å². The zero-order valence-electron chi connectivity index (χ0n) is 17.2. The maximum atomic E-state index is 12.6. The summed E-state index contributed by atoms with van der Waals surface area (Å²) in [7, 11) is 0. The maximum absolute atomic E-state index is 12.6. The lowest BCUT2D eigenvalue weighted by Crippen LogP contribution is -2.15. The Bertz CT molecular complexity index is 1150. The van der Waals surface area contributed by atoms with Crippen LogP contribution in [0, 0.1) is 6.92 Å². The normalized spacial score (nSPS) is 12.9. The predicted molar refractivity (Wildman–Crippen MR) is 114 cm³/mol. The van der Waals surface area contributed by atoms with E-state index < -0.39 is 5.97 Å². The van der Waals surface area contributed by atoms with Crippen LogP contribution in [-0.4, -0.2) is 42.3 Å². The first kappa shape index (κ1) is 20.7. The van der Waals surface area contributed by atoms with Gasteiger partial charge < -0.3 is 19.2 Å². The van der Waals surface area contributed by atoms with E-state index in [0.29, 0.717) is 35.8 Å². The molecular weight excluding hydrogens is 398 g/mol. The van der Waals surface area contributed by atoms with Gasteiger partial charge in [0.05, 0.1) is 19.6 Å². The van der Waals surface area contributed by atoms with Crippen molar-refractivity contribution < 1.29 is 28.6 Å². The number of carbonyl (C=O) groups is 3. The van der Waals surface area contributed by atoms with E-state index in [1.165, 1.54) is 0 Å². The Balaban J connectivity index is 1.31. The second-order valence-electron chi connectivity index (χ2n) is 7.39. The van der Waals surface area contributed by atoms with Gasteiger partial charge in [0, 0.05) is 40.6 Å². The van der Waals surface area contributed by atoms with Crippen LogP contribution < -0.4 is 9.47 Å². The molecule has 0 aliphatic carbocycles. The molecule has 0 unspecified atom stereocenters. The number of aryl methyl sites for hydroxylation is 1. The van der Waals surface area contributed by atoms with Gasteiger partial charge in [-0.15, -0.1) is 0 Å². The molecule has 1 aliphatic heterocycles. The van der Waals surface area contributed by atoms with E-state index >= 15 is 0 Å². The number of ether oxygens (including phenoxy) is 3. The van der Waals surface area contributed by atoms with Crippen LogP contribution in [0.5, 0.6) is 11.5 Å². The third-order valence-electron chi connectivity index (χ3n) is 5.16. The summed E-state index contributed by atoms with van der Waals surface area (Å²) >= 11 is 0. The molecule has 2 aromatic carbocycles. The number of fused-ring (bicyclic) bond motifs is 2. The van der Waals surface area contributed by atoms with Crippen LogP contribution in [0.15, 0.2) is 42.5 Å². The summed E-state index contributed by atoms with van der Waals surface area (Å²) in [4.78, 5) is 40.3. The molecule has 3 aromatic rings. The molecule has 7 nitrogen and oxygen atoms in total. The highest BCUT2D eigenvalue weighted by Gasteiger charge is 2.19. The van der Waals surface area contributed by atoms with Crippen molar-refractivity contribution in [3.05, 3.63) is 59.3 Å². The molecule has 7 heteroatoms. The number of hydrogen-bond acceptors (Lipinski definition) is 6. The summed E-state index contributed by atoms with van der Waals surface area (Å²) in [5.41, 5.74) is 2.55. The minimum absolute atomic E-state index is 0.0151. The standard InChI is InChI=1S/C24H23NO6/c1-15-24(17-5-2-3-6-18(17)25-15)20(27)14-31-23(28)10-8-19(26)16-7-9-21-22(13-16)30-12-4-11-29-21/h2-3,5-7,9,13,25H,4,8,10-12,14H2,1H3. The van der Waals surface area contributed by atoms with Gasteiger partial charge in [0.25, 0.3) is 0 Å². The zero-order chi connectivity index (χ0) is 21.8. The first-order chi connectivity index (χ1) is 15.0. The molecule has 0 radical (unpaired) electrons. The van der Waals surface area contributed by atoms with E-state index in [1.54, 1.807) is 18.2 Å². The van der Waals surface area contributed by atoms with Crippen molar-refractivity contribution in [1.29, 1.82) is 0 Å². The molecule has 0 saturated heterocycles. The van der Waals surface area contributed by atoms with E-state index in [2.05, 4.69) is 4.98 Å². The molecule has 0 fully saturated rings. The Labute approximate surface area is 179 Å². The topological polar surface area (TPSA) is 94.7 Å². The number of esters is 1. The Morgan fingerprint density at radius 3 is 2.58 bits per heavy atom. The van der Waals surface area contributed by atoms with E-state index in [-0.39, 0.29) is 31.0 Å². The lowest BCUT2D eigenvalue weighted by Gasteiger charge is -2.09. The quantitative estimate of drug-likeness (QED) is 0.457. The molecule has 1 N–H and O–H groups in total. The molecule has 0 spiro atoms. The van der Waals surface area contributed by atoms with Crippen LogP contribution in [-0.2, 0) is 9.53 Å². The number of hydrogen-bond donors (Lipinski definition) is 1. The molecule has 31 heavy (non-hydrogen) atoms. The molecular formula is C24H23NO6. The zero-order valence-corrected chi connectivity index (χ0v) is 17.2. The van der Waals surface area contributed by atoms with Crippen LogP contribution in [0.4, 0.5) is 0 Å². The number of benzene rings is 2. The van der Waals surface area contributed by atoms with Crippen molar-refractivity contribution in [3.8, 4) is 11.5 Å². The lowest BCUT2D eigenvalue weighted by molar-refractivity contribution is -0.142. The predicted octanol–water partition coefficient (Wildman–Crippen LogP) is 4.03. The van der Waals surface area contributed by atoms with Crippen molar-refractivity contribution in [2.24, 2.45) is 0 Å². The highest BCUT2D eigenvalue weighted by atomic mass is 16.5. The fourth-order valence-corrected chi connectivity index (χ4v) is 3.62. The minimum atomic E-state index is -0.589. The Morgan fingerprint density at radius 2 is 1.74 bits per heavy atom. The van der Waals surface area contributed by atoms with Crippen molar-refractivity contribution in [2.45, 2.75) is 26.2 Å². The molecule has 2 heterocycles. The number of aromatic nitrogens is 1. The van der Waals surface area contributed by atoms with Crippen molar-refractivity contribution >= 4 is 28.4 Å². The van der Waals surface area contributed by atoms with Crippen LogP contribution in [0.1, 0.15) is 45.7 Å². The van der Waals surface area contributed by atoms with Gasteiger partial charge in [0.2, 0.25) is 5.78 Å². The number of Topliss-reactive ketones (excluding diaryl/α,β-unsaturated/α-hetero) is 2. The van der Waals surface area contributed by atoms with Gasteiger partial charge in [-0.2, -0.15) is 0 Å². The fraction of sp³-hybridized carbons (Fsp3) is 0.292. The van der Waals surface area contributed by atoms with Gasteiger partial charge in [-0.25, -0.2) is 0 Å². The highest BCUT2D eigenvalue weighted by molar-refractivity contribution is 6.10. The third-order valence-corrected chi connectivity index (χ3v) is 5.16. The molecule has 160 valence electrons. The largest absolute Gasteiger partial charge is 0.490 e. The summed E-state index contributed by atoms with van der Waals surface area (Å²) in [6.07, 6.45) is 0.660. The average Bonchev–Trinajstić information content (AvgIpc) is 2.94. The smallest absolute Gasteiger partial charge is 0.306 e. The lowest BCUT2D eigenvalue weighted by atomic mass is 10.1. The Hall–Kier alpha value is -3.61. The Kier molecular flexibility index (Phi) is 6.02. The first-order valence-electron chi connectivity index (χ1n) is 10.2. The number of aromatic amines is 1. The summed E-state index contributed by atoms with van der Waals surface area (Å²) in [5.74, 6) is 0.0719. The summed E-state index contributed by atoms with van der Waals surface area (Å²) in [5, 5.41) is 0.797. The molecule has 0 atom stereocenters. The molecule has 0 bridgehead atoms. The number of rotatable bonds is 7. The van der Waals surface area contributed by atoms with E-state index in [9.17, 15) is 14.4 Å². The number of carbonyl (C=O) groups excluding carboxylic acids is 3. The molecule has 1 aromatic heterocycles. The SMILES string of the molecule is Cc1[nH]c2ccccc2c1C(=O)COC(=O)CCC(=O)c1ccc2c(c1)OCCCO2. The average molecular weight is 421 g/mol. The van der Waals surface area contributed by atoms with Crippen LogP contribution >= 0.6 is 0 Å².